The van der Waals surface area contributed by atoms with Crippen LogP contribution in [0.4, 0.5) is 11.4 Å². The van der Waals surface area contributed by atoms with Crippen LogP contribution < -0.4 is 10.2 Å². The van der Waals surface area contributed by atoms with Crippen LogP contribution in [0.3, 0.4) is 0 Å². The molecule has 3 fully saturated rings. The molecule has 5 heteroatoms. The highest BCUT2D eigenvalue weighted by Gasteiger charge is 2.27. The second-order valence-electron chi connectivity index (χ2n) is 7.90. The van der Waals surface area contributed by atoms with E-state index in [9.17, 15) is 9.59 Å². The number of amides is 2. The molecule has 2 amide bonds. The van der Waals surface area contributed by atoms with Gasteiger partial charge in [0, 0.05) is 43.5 Å². The van der Waals surface area contributed by atoms with E-state index < -0.39 is 0 Å². The summed E-state index contributed by atoms with van der Waals surface area (Å²) in [7, 11) is 0. The van der Waals surface area contributed by atoms with Crippen LogP contribution in [-0.2, 0) is 4.79 Å². The van der Waals surface area contributed by atoms with Gasteiger partial charge in [-0.25, -0.2) is 0 Å². The zero-order valence-electron chi connectivity index (χ0n) is 15.5. The lowest BCUT2D eigenvalue weighted by atomic mass is 9.85. The van der Waals surface area contributed by atoms with Crippen LogP contribution in [0, 0.1) is 5.92 Å². The zero-order valence-corrected chi connectivity index (χ0v) is 15.5. The molecular formula is C21H29N3O2. The molecule has 0 bridgehead atoms. The Kier molecular flexibility index (Phi) is 5.14. The third kappa shape index (κ3) is 3.57. The lowest BCUT2D eigenvalue weighted by molar-refractivity contribution is -0.122. The molecule has 2 aliphatic heterocycles. The lowest BCUT2D eigenvalue weighted by Crippen LogP contribution is -2.36. The van der Waals surface area contributed by atoms with Crippen LogP contribution >= 0.6 is 0 Å². The number of nitrogens with one attached hydrogen (secondary N) is 1. The van der Waals surface area contributed by atoms with E-state index in [4.69, 9.17) is 0 Å². The van der Waals surface area contributed by atoms with E-state index in [2.05, 4.69) is 10.2 Å². The molecule has 1 aromatic carbocycles. The summed E-state index contributed by atoms with van der Waals surface area (Å²) >= 11 is 0. The Balaban J connectivity index is 1.59. The van der Waals surface area contributed by atoms with Crippen LogP contribution in [0.1, 0.15) is 61.7 Å². The number of carbonyl (C=O) groups excluding carboxylic acids is 2. The summed E-state index contributed by atoms with van der Waals surface area (Å²) in [6.45, 7) is 3.70. The van der Waals surface area contributed by atoms with Gasteiger partial charge in [-0.1, -0.05) is 6.42 Å². The fraction of sp³-hybridized carbons (Fsp3) is 0.619. The van der Waals surface area contributed by atoms with Crippen molar-refractivity contribution < 1.29 is 9.59 Å². The SMILES string of the molecule is O=C(Nc1ccc(N2CCCC2)c(C(=O)N2CCCCC2)c1)C1CCC1. The number of piperidine rings is 1. The maximum atomic E-state index is 13.2. The van der Waals surface area contributed by atoms with E-state index in [0.29, 0.717) is 0 Å². The summed E-state index contributed by atoms with van der Waals surface area (Å²) in [6.07, 6.45) is 8.85. The van der Waals surface area contributed by atoms with Crippen molar-refractivity contribution in [2.75, 3.05) is 36.4 Å². The van der Waals surface area contributed by atoms with E-state index in [0.717, 1.165) is 75.2 Å². The number of nitrogens with zero attached hydrogens (tertiary/aromatic N) is 2. The molecule has 4 rings (SSSR count). The second-order valence-corrected chi connectivity index (χ2v) is 7.90. The van der Waals surface area contributed by atoms with Crippen LogP contribution in [0.25, 0.3) is 0 Å². The largest absolute Gasteiger partial charge is 0.371 e. The van der Waals surface area contributed by atoms with Crippen molar-refractivity contribution in [2.24, 2.45) is 5.92 Å². The zero-order chi connectivity index (χ0) is 17.9. The highest BCUT2D eigenvalue weighted by molar-refractivity contribution is 6.02. The number of anilines is 2. The quantitative estimate of drug-likeness (QED) is 0.897. The minimum atomic E-state index is 0.0987. The summed E-state index contributed by atoms with van der Waals surface area (Å²) in [5.41, 5.74) is 2.53. The van der Waals surface area contributed by atoms with Crippen molar-refractivity contribution in [3.63, 3.8) is 0 Å². The number of hydrogen-bond donors (Lipinski definition) is 1. The average Bonchev–Trinajstić information content (AvgIpc) is 3.14. The van der Waals surface area contributed by atoms with Gasteiger partial charge in [0.2, 0.25) is 5.91 Å². The fourth-order valence-corrected chi connectivity index (χ4v) is 4.20. The van der Waals surface area contributed by atoms with Crippen molar-refractivity contribution in [3.8, 4) is 0 Å². The molecule has 0 spiro atoms. The molecule has 1 saturated carbocycles. The molecule has 5 nitrogen and oxygen atoms in total. The Bertz CT molecular complexity index is 672. The van der Waals surface area contributed by atoms with Crippen LogP contribution in [-0.4, -0.2) is 42.9 Å². The van der Waals surface area contributed by atoms with Crippen molar-refractivity contribution in [1.29, 1.82) is 0 Å². The number of rotatable bonds is 4. The third-order valence-electron chi connectivity index (χ3n) is 6.06. The van der Waals surface area contributed by atoms with E-state index in [1.54, 1.807) is 0 Å². The van der Waals surface area contributed by atoms with Crippen LogP contribution in [0.15, 0.2) is 18.2 Å². The number of carbonyl (C=O) groups is 2. The Morgan fingerprint density at radius 3 is 2.23 bits per heavy atom. The third-order valence-corrected chi connectivity index (χ3v) is 6.06. The van der Waals surface area contributed by atoms with Gasteiger partial charge in [0.15, 0.2) is 0 Å². The molecule has 0 atom stereocenters. The predicted octanol–water partition coefficient (Wildman–Crippen LogP) is 3.65. The van der Waals surface area contributed by atoms with E-state index >= 15 is 0 Å². The molecular weight excluding hydrogens is 326 g/mol. The normalized spacial score (nSPS) is 20.8. The number of hydrogen-bond acceptors (Lipinski definition) is 3. The molecule has 2 heterocycles. The molecule has 0 radical (unpaired) electrons. The van der Waals surface area contributed by atoms with E-state index in [1.807, 2.05) is 23.1 Å². The molecule has 3 aliphatic rings. The van der Waals surface area contributed by atoms with Crippen molar-refractivity contribution in [3.05, 3.63) is 23.8 Å². The standard InChI is InChI=1S/C21H29N3O2/c25-20(16-7-6-8-16)22-17-9-10-19(23-11-4-5-12-23)18(15-17)21(26)24-13-2-1-3-14-24/h9-10,15-16H,1-8,11-14H2,(H,22,25). The van der Waals surface area contributed by atoms with Gasteiger partial charge in [-0.2, -0.15) is 0 Å². The predicted molar refractivity (Wildman–Crippen MR) is 104 cm³/mol. The topological polar surface area (TPSA) is 52.7 Å². The number of likely N-dealkylation sites (tertiary alicyclic amines) is 1. The Hall–Kier alpha value is -2.04. The van der Waals surface area contributed by atoms with Gasteiger partial charge in [-0.05, 0) is 63.1 Å². The Morgan fingerprint density at radius 2 is 1.58 bits per heavy atom. The summed E-state index contributed by atoms with van der Waals surface area (Å²) < 4.78 is 0. The minimum absolute atomic E-state index is 0.0987. The minimum Gasteiger partial charge on any atom is -0.371 e. The highest BCUT2D eigenvalue weighted by Crippen LogP contribution is 2.31. The number of benzene rings is 1. The van der Waals surface area contributed by atoms with Crippen molar-refractivity contribution in [2.45, 2.75) is 51.4 Å². The molecule has 0 aromatic heterocycles. The van der Waals surface area contributed by atoms with Crippen LogP contribution in [0.2, 0.25) is 0 Å². The van der Waals surface area contributed by atoms with Crippen molar-refractivity contribution >= 4 is 23.2 Å². The molecule has 1 aliphatic carbocycles. The maximum absolute atomic E-state index is 13.2. The summed E-state index contributed by atoms with van der Waals surface area (Å²) in [5.74, 6) is 0.363. The first-order valence-electron chi connectivity index (χ1n) is 10.2. The van der Waals surface area contributed by atoms with Gasteiger partial charge in [0.1, 0.15) is 0 Å². The van der Waals surface area contributed by atoms with Crippen molar-refractivity contribution in [1.82, 2.24) is 4.90 Å². The smallest absolute Gasteiger partial charge is 0.256 e. The Labute approximate surface area is 155 Å². The van der Waals surface area contributed by atoms with Gasteiger partial charge >= 0.3 is 0 Å². The highest BCUT2D eigenvalue weighted by atomic mass is 16.2. The van der Waals surface area contributed by atoms with E-state index in [-0.39, 0.29) is 17.7 Å². The summed E-state index contributed by atoms with van der Waals surface area (Å²) in [4.78, 5) is 29.8. The van der Waals surface area contributed by atoms with E-state index in [1.165, 1.54) is 19.3 Å². The first-order chi connectivity index (χ1) is 12.7. The average molecular weight is 355 g/mol. The monoisotopic (exact) mass is 355 g/mol. The Morgan fingerprint density at radius 1 is 0.885 bits per heavy atom. The van der Waals surface area contributed by atoms with Gasteiger partial charge in [-0.15, -0.1) is 0 Å². The molecule has 1 aromatic rings. The summed E-state index contributed by atoms with van der Waals surface area (Å²) in [5, 5.41) is 3.03. The van der Waals surface area contributed by atoms with Gasteiger partial charge in [0.25, 0.3) is 5.91 Å². The lowest BCUT2D eigenvalue weighted by Gasteiger charge is -2.30. The van der Waals surface area contributed by atoms with Gasteiger partial charge < -0.3 is 15.1 Å². The molecule has 0 unspecified atom stereocenters. The first-order valence-corrected chi connectivity index (χ1v) is 10.2. The van der Waals surface area contributed by atoms with Gasteiger partial charge in [0.05, 0.1) is 5.56 Å². The second kappa shape index (κ2) is 7.68. The molecule has 2 saturated heterocycles. The van der Waals surface area contributed by atoms with Gasteiger partial charge in [-0.3, -0.25) is 9.59 Å². The molecule has 140 valence electrons. The summed E-state index contributed by atoms with van der Waals surface area (Å²) in [6, 6.07) is 5.89. The molecule has 26 heavy (non-hydrogen) atoms. The maximum Gasteiger partial charge on any atom is 0.256 e. The molecule has 1 N–H and O–H groups in total. The first kappa shape index (κ1) is 17.4. The van der Waals surface area contributed by atoms with Crippen LogP contribution in [0.5, 0.6) is 0 Å². The fourth-order valence-electron chi connectivity index (χ4n) is 4.20.